The van der Waals surface area contributed by atoms with Gasteiger partial charge in [0.2, 0.25) is 5.91 Å². The average molecular weight is 438 g/mol. The minimum Gasteiger partial charge on any atom is -0.351 e. The lowest BCUT2D eigenvalue weighted by Crippen LogP contribution is -2.27. The molecule has 0 aromatic carbocycles. The number of fused-ring (bicyclic) bond motifs is 1. The summed E-state index contributed by atoms with van der Waals surface area (Å²) in [6.07, 6.45) is 2.56. The zero-order chi connectivity index (χ0) is 22.8. The van der Waals surface area contributed by atoms with Crippen molar-refractivity contribution in [3.05, 3.63) is 51.8 Å². The average Bonchev–Trinajstić information content (AvgIpc) is 3.26. The summed E-state index contributed by atoms with van der Waals surface area (Å²) >= 11 is 1.37. The molecule has 31 heavy (non-hydrogen) atoms. The van der Waals surface area contributed by atoms with Gasteiger partial charge in [0.05, 0.1) is 11.3 Å². The van der Waals surface area contributed by atoms with Gasteiger partial charge in [-0.2, -0.15) is 5.26 Å². The maximum absolute atomic E-state index is 12.7. The zero-order valence-corrected chi connectivity index (χ0v) is 19.3. The number of aromatic nitrogens is 2. The molecule has 3 heterocycles. The van der Waals surface area contributed by atoms with Gasteiger partial charge < -0.3 is 10.6 Å². The number of imidazole rings is 1. The molecule has 0 fully saturated rings. The van der Waals surface area contributed by atoms with Crippen molar-refractivity contribution in [2.75, 3.05) is 11.9 Å². The van der Waals surface area contributed by atoms with Crippen LogP contribution in [-0.4, -0.2) is 27.7 Å². The van der Waals surface area contributed by atoms with Crippen molar-refractivity contribution < 1.29 is 9.59 Å². The van der Waals surface area contributed by atoms with Gasteiger partial charge in [-0.15, -0.1) is 11.3 Å². The fourth-order valence-electron chi connectivity index (χ4n) is 3.43. The third-order valence-electron chi connectivity index (χ3n) is 5.06. The van der Waals surface area contributed by atoms with Crippen molar-refractivity contribution >= 4 is 33.8 Å². The van der Waals surface area contributed by atoms with E-state index in [1.54, 1.807) is 4.40 Å². The summed E-state index contributed by atoms with van der Waals surface area (Å²) in [7, 11) is 0. The van der Waals surface area contributed by atoms with Crippen LogP contribution in [0.3, 0.4) is 0 Å². The van der Waals surface area contributed by atoms with Crippen molar-refractivity contribution in [3.63, 3.8) is 0 Å². The van der Waals surface area contributed by atoms with Crippen LogP contribution in [0.2, 0.25) is 0 Å². The lowest BCUT2D eigenvalue weighted by molar-refractivity contribution is -0.116. The molecule has 0 aliphatic heterocycles. The maximum atomic E-state index is 12.7. The molecule has 8 heteroatoms. The Labute approximate surface area is 186 Å². The first-order valence-electron chi connectivity index (χ1n) is 10.2. The molecule has 0 atom stereocenters. The van der Waals surface area contributed by atoms with E-state index in [0.29, 0.717) is 34.9 Å². The molecule has 0 saturated carbocycles. The third kappa shape index (κ3) is 4.78. The molecule has 0 bridgehead atoms. The topological polar surface area (TPSA) is 99.3 Å². The van der Waals surface area contributed by atoms with E-state index in [0.717, 1.165) is 16.8 Å². The number of amides is 2. The van der Waals surface area contributed by atoms with Crippen LogP contribution in [0, 0.1) is 25.2 Å². The molecule has 2 N–H and O–H groups in total. The van der Waals surface area contributed by atoms with E-state index in [9.17, 15) is 14.9 Å². The standard InChI is InChI=1S/C23H27N5O2S/c1-14-8-7-11-28-19(15(2)26-20(14)28)21(30)25-10-6-9-18(29)27-22-16(12-24)17(13-31-22)23(3,4)5/h7-8,11,13H,6,9-10H2,1-5H3,(H,25,30)(H,27,29). The number of aryl methyl sites for hydroxylation is 2. The second-order valence-electron chi connectivity index (χ2n) is 8.55. The van der Waals surface area contributed by atoms with Crippen molar-refractivity contribution in [1.29, 1.82) is 5.26 Å². The summed E-state index contributed by atoms with van der Waals surface area (Å²) in [5.74, 6) is -0.384. The minimum absolute atomic E-state index is 0.163. The summed E-state index contributed by atoms with van der Waals surface area (Å²) in [6, 6.07) is 6.05. The van der Waals surface area contributed by atoms with Crippen molar-refractivity contribution in [1.82, 2.24) is 14.7 Å². The first-order valence-corrected chi connectivity index (χ1v) is 11.1. The number of pyridine rings is 1. The van der Waals surface area contributed by atoms with Gasteiger partial charge in [-0.25, -0.2) is 4.98 Å². The number of carbonyl (C=O) groups is 2. The molecule has 162 valence electrons. The molecule has 0 aliphatic carbocycles. The van der Waals surface area contributed by atoms with Gasteiger partial charge in [-0.1, -0.05) is 26.8 Å². The first-order chi connectivity index (χ1) is 14.6. The predicted octanol–water partition coefficient (Wildman–Crippen LogP) is 4.33. The van der Waals surface area contributed by atoms with Crippen LogP contribution in [-0.2, 0) is 10.2 Å². The Kier molecular flexibility index (Phi) is 6.46. The number of nitriles is 1. The molecule has 0 radical (unpaired) electrons. The Balaban J connectivity index is 1.55. The van der Waals surface area contributed by atoms with Gasteiger partial charge in [0.15, 0.2) is 0 Å². The van der Waals surface area contributed by atoms with Crippen LogP contribution in [0.25, 0.3) is 5.65 Å². The number of hydrogen-bond acceptors (Lipinski definition) is 5. The smallest absolute Gasteiger partial charge is 0.270 e. The molecule has 0 unspecified atom stereocenters. The number of rotatable bonds is 6. The van der Waals surface area contributed by atoms with Crippen molar-refractivity contribution in [2.24, 2.45) is 0 Å². The number of anilines is 1. The van der Waals surface area contributed by atoms with Crippen LogP contribution >= 0.6 is 11.3 Å². The highest BCUT2D eigenvalue weighted by atomic mass is 32.1. The van der Waals surface area contributed by atoms with E-state index < -0.39 is 0 Å². The molecule has 0 spiro atoms. The Morgan fingerprint density at radius 3 is 2.71 bits per heavy atom. The molecule has 3 rings (SSSR count). The summed E-state index contributed by atoms with van der Waals surface area (Å²) in [5, 5.41) is 17.7. The van der Waals surface area contributed by atoms with E-state index >= 15 is 0 Å². The fraction of sp³-hybridized carbons (Fsp3) is 0.391. The molecule has 3 aromatic heterocycles. The number of nitrogens with one attached hydrogen (secondary N) is 2. The number of carbonyl (C=O) groups excluding carboxylic acids is 2. The molecule has 3 aromatic rings. The van der Waals surface area contributed by atoms with Crippen LogP contribution in [0.1, 0.15) is 66.5 Å². The number of thiophene rings is 1. The van der Waals surface area contributed by atoms with Gasteiger partial charge in [0, 0.05) is 19.2 Å². The Bertz CT molecular complexity index is 1180. The Morgan fingerprint density at radius 2 is 2.03 bits per heavy atom. The van der Waals surface area contributed by atoms with Crippen LogP contribution < -0.4 is 10.6 Å². The van der Waals surface area contributed by atoms with Crippen LogP contribution in [0.15, 0.2) is 23.7 Å². The SMILES string of the molecule is Cc1nc2c(C)cccn2c1C(=O)NCCCC(=O)Nc1scc(C(C)(C)C)c1C#N. The van der Waals surface area contributed by atoms with Gasteiger partial charge in [-0.05, 0) is 48.3 Å². The van der Waals surface area contributed by atoms with Crippen LogP contribution in [0.4, 0.5) is 5.00 Å². The normalized spacial score (nSPS) is 11.4. The molecule has 0 aliphatic rings. The Morgan fingerprint density at radius 1 is 1.29 bits per heavy atom. The summed E-state index contributed by atoms with van der Waals surface area (Å²) in [6.45, 7) is 10.3. The summed E-state index contributed by atoms with van der Waals surface area (Å²) < 4.78 is 1.79. The lowest BCUT2D eigenvalue weighted by Gasteiger charge is -2.17. The third-order valence-corrected chi connectivity index (χ3v) is 5.96. The summed E-state index contributed by atoms with van der Waals surface area (Å²) in [4.78, 5) is 29.5. The van der Waals surface area contributed by atoms with Gasteiger partial charge in [0.25, 0.3) is 5.91 Å². The van der Waals surface area contributed by atoms with Crippen LogP contribution in [0.5, 0.6) is 0 Å². The second kappa shape index (κ2) is 8.90. The second-order valence-corrected chi connectivity index (χ2v) is 9.43. The number of hydrogen-bond donors (Lipinski definition) is 2. The molecule has 2 amide bonds. The van der Waals surface area contributed by atoms with E-state index in [1.807, 2.05) is 58.3 Å². The largest absolute Gasteiger partial charge is 0.351 e. The lowest BCUT2D eigenvalue weighted by atomic mass is 9.86. The molecule has 0 saturated heterocycles. The highest BCUT2D eigenvalue weighted by molar-refractivity contribution is 7.14. The van der Waals surface area contributed by atoms with E-state index in [-0.39, 0.29) is 23.7 Å². The van der Waals surface area contributed by atoms with Gasteiger partial charge >= 0.3 is 0 Å². The van der Waals surface area contributed by atoms with Gasteiger partial charge in [0.1, 0.15) is 22.4 Å². The molecular weight excluding hydrogens is 410 g/mol. The zero-order valence-electron chi connectivity index (χ0n) is 18.5. The van der Waals surface area contributed by atoms with E-state index in [2.05, 4.69) is 21.7 Å². The predicted molar refractivity (Wildman–Crippen MR) is 123 cm³/mol. The first kappa shape index (κ1) is 22.5. The van der Waals surface area contributed by atoms with Crippen molar-refractivity contribution in [3.8, 4) is 6.07 Å². The molecule has 7 nitrogen and oxygen atoms in total. The number of nitrogens with zero attached hydrogens (tertiary/aromatic N) is 3. The maximum Gasteiger partial charge on any atom is 0.270 e. The van der Waals surface area contributed by atoms with E-state index in [1.165, 1.54) is 11.3 Å². The fourth-order valence-corrected chi connectivity index (χ4v) is 4.58. The van der Waals surface area contributed by atoms with Gasteiger partial charge in [-0.3, -0.25) is 14.0 Å². The quantitative estimate of drug-likeness (QED) is 0.561. The van der Waals surface area contributed by atoms with E-state index in [4.69, 9.17) is 0 Å². The van der Waals surface area contributed by atoms with Crippen molar-refractivity contribution in [2.45, 2.75) is 52.9 Å². The molecular formula is C23H27N5O2S. The highest BCUT2D eigenvalue weighted by Gasteiger charge is 2.23. The minimum atomic E-state index is -0.212. The Hall–Kier alpha value is -3.18. The summed E-state index contributed by atoms with van der Waals surface area (Å²) in [5.41, 5.74) is 4.24. The highest BCUT2D eigenvalue weighted by Crippen LogP contribution is 2.35. The monoisotopic (exact) mass is 437 g/mol.